The highest BCUT2D eigenvalue weighted by molar-refractivity contribution is 7.22. The number of rotatable bonds is 9. The van der Waals surface area contributed by atoms with Crippen molar-refractivity contribution in [1.82, 2.24) is 14.5 Å². The summed E-state index contributed by atoms with van der Waals surface area (Å²) in [6.07, 6.45) is 6.15. The summed E-state index contributed by atoms with van der Waals surface area (Å²) >= 11 is 7.37. The van der Waals surface area contributed by atoms with Crippen molar-refractivity contribution in [1.29, 1.82) is 0 Å². The molecule has 0 bridgehead atoms. The molecule has 7 nitrogen and oxygen atoms in total. The van der Waals surface area contributed by atoms with E-state index >= 15 is 0 Å². The van der Waals surface area contributed by atoms with E-state index in [0.717, 1.165) is 23.2 Å². The number of imidazole rings is 1. The lowest BCUT2D eigenvalue weighted by atomic mass is 10.3. The number of fused-ring (bicyclic) bond motifs is 1. The van der Waals surface area contributed by atoms with Crippen LogP contribution in [0, 0.1) is 0 Å². The fourth-order valence-corrected chi connectivity index (χ4v) is 4.26. The number of ether oxygens (including phenoxy) is 2. The highest BCUT2D eigenvalue weighted by atomic mass is 35.5. The van der Waals surface area contributed by atoms with Gasteiger partial charge >= 0.3 is 0 Å². The SMILES string of the molecule is COc1cccc2sc(N(CCCn3ccnc3)C(=O)COc3ccc(Cl)cc3)nc12. The third-order valence-electron chi connectivity index (χ3n) is 4.66. The summed E-state index contributed by atoms with van der Waals surface area (Å²) < 4.78 is 14.0. The number of nitrogens with zero attached hydrogens (tertiary/aromatic N) is 4. The molecule has 2 heterocycles. The van der Waals surface area contributed by atoms with Crippen molar-refractivity contribution < 1.29 is 14.3 Å². The second-order valence-electron chi connectivity index (χ2n) is 6.75. The van der Waals surface area contributed by atoms with E-state index in [2.05, 4.69) is 4.98 Å². The molecular formula is C22H21ClN4O3S. The van der Waals surface area contributed by atoms with Crippen LogP contribution in [0.15, 0.2) is 61.2 Å². The van der Waals surface area contributed by atoms with Gasteiger partial charge in [0.05, 0.1) is 18.1 Å². The molecule has 0 saturated heterocycles. The molecule has 0 radical (unpaired) electrons. The Morgan fingerprint density at radius 3 is 2.81 bits per heavy atom. The first-order valence-electron chi connectivity index (χ1n) is 9.72. The lowest BCUT2D eigenvalue weighted by Crippen LogP contribution is -2.36. The van der Waals surface area contributed by atoms with Crippen molar-refractivity contribution in [2.45, 2.75) is 13.0 Å². The summed E-state index contributed by atoms with van der Waals surface area (Å²) in [6.45, 7) is 1.15. The van der Waals surface area contributed by atoms with Crippen molar-refractivity contribution >= 4 is 44.2 Å². The van der Waals surface area contributed by atoms with Crippen molar-refractivity contribution in [3.8, 4) is 11.5 Å². The molecule has 0 aliphatic rings. The average Bonchev–Trinajstić information content (AvgIpc) is 3.45. The number of halogens is 1. The summed E-state index contributed by atoms with van der Waals surface area (Å²) in [5.41, 5.74) is 0.746. The van der Waals surface area contributed by atoms with Gasteiger partial charge in [0.25, 0.3) is 5.91 Å². The average molecular weight is 457 g/mol. The van der Waals surface area contributed by atoms with Crippen LogP contribution in [0.4, 0.5) is 5.13 Å². The van der Waals surface area contributed by atoms with E-state index in [1.54, 1.807) is 48.8 Å². The zero-order chi connectivity index (χ0) is 21.6. The van der Waals surface area contributed by atoms with Crippen LogP contribution < -0.4 is 14.4 Å². The molecule has 0 aliphatic heterocycles. The number of amides is 1. The van der Waals surface area contributed by atoms with Gasteiger partial charge in [0.15, 0.2) is 11.7 Å². The summed E-state index contributed by atoms with van der Waals surface area (Å²) in [7, 11) is 1.61. The van der Waals surface area contributed by atoms with Gasteiger partial charge in [0, 0.05) is 30.5 Å². The maximum atomic E-state index is 13.1. The number of carbonyl (C=O) groups excluding carboxylic acids is 1. The van der Waals surface area contributed by atoms with Crippen LogP contribution in [0.1, 0.15) is 6.42 Å². The smallest absolute Gasteiger partial charge is 0.266 e. The zero-order valence-electron chi connectivity index (χ0n) is 16.9. The molecule has 0 aliphatic carbocycles. The van der Waals surface area contributed by atoms with Crippen LogP contribution in [0.25, 0.3) is 10.2 Å². The van der Waals surface area contributed by atoms with Crippen LogP contribution in [0.2, 0.25) is 5.02 Å². The molecule has 0 N–H and O–H groups in total. The molecule has 9 heteroatoms. The number of anilines is 1. The standard InChI is InChI=1S/C22H21ClN4O3S/c1-29-18-4-2-5-19-21(18)25-22(31-19)27(12-3-11-26-13-10-24-15-26)20(28)14-30-17-8-6-16(23)7-9-17/h2,4-10,13,15H,3,11-12,14H2,1H3. The van der Waals surface area contributed by atoms with Gasteiger partial charge < -0.3 is 14.0 Å². The zero-order valence-corrected chi connectivity index (χ0v) is 18.5. The number of para-hydroxylation sites is 1. The number of thiazole rings is 1. The summed E-state index contributed by atoms with van der Waals surface area (Å²) in [5, 5.41) is 1.23. The molecule has 4 aromatic rings. The Hall–Kier alpha value is -3.10. The highest BCUT2D eigenvalue weighted by Gasteiger charge is 2.21. The molecule has 0 atom stereocenters. The molecule has 1 amide bonds. The van der Waals surface area contributed by atoms with Crippen molar-refractivity contribution in [2.75, 3.05) is 25.2 Å². The lowest BCUT2D eigenvalue weighted by molar-refractivity contribution is -0.120. The van der Waals surface area contributed by atoms with Gasteiger partial charge in [-0.25, -0.2) is 9.97 Å². The molecule has 160 valence electrons. The van der Waals surface area contributed by atoms with E-state index in [-0.39, 0.29) is 12.5 Å². The van der Waals surface area contributed by atoms with Crippen LogP contribution in [0.5, 0.6) is 11.5 Å². The van der Waals surface area contributed by atoms with Crippen LogP contribution in [-0.2, 0) is 11.3 Å². The quantitative estimate of drug-likeness (QED) is 0.366. The number of hydrogen-bond acceptors (Lipinski definition) is 6. The Morgan fingerprint density at radius 1 is 1.23 bits per heavy atom. The fourth-order valence-electron chi connectivity index (χ4n) is 3.10. The maximum absolute atomic E-state index is 13.1. The largest absolute Gasteiger partial charge is 0.494 e. The Kier molecular flexibility index (Phi) is 6.69. The fraction of sp³-hybridized carbons (Fsp3) is 0.227. The van der Waals surface area contributed by atoms with E-state index in [9.17, 15) is 4.79 Å². The molecule has 0 unspecified atom stereocenters. The predicted octanol–water partition coefficient (Wildman–Crippen LogP) is 4.66. The Morgan fingerprint density at radius 2 is 2.06 bits per heavy atom. The number of hydrogen-bond donors (Lipinski definition) is 0. The van der Waals surface area contributed by atoms with E-state index in [1.165, 1.54) is 11.3 Å². The molecule has 0 spiro atoms. The minimum Gasteiger partial charge on any atom is -0.494 e. The van der Waals surface area contributed by atoms with Gasteiger partial charge in [-0.1, -0.05) is 29.0 Å². The normalized spacial score (nSPS) is 10.9. The molecule has 2 aromatic carbocycles. The Bertz CT molecular complexity index is 1150. The maximum Gasteiger partial charge on any atom is 0.266 e. The van der Waals surface area contributed by atoms with Gasteiger partial charge in [0.2, 0.25) is 0 Å². The number of aromatic nitrogens is 3. The van der Waals surface area contributed by atoms with Gasteiger partial charge in [0.1, 0.15) is 17.0 Å². The van der Waals surface area contributed by atoms with Crippen molar-refractivity contribution in [3.05, 3.63) is 66.2 Å². The van der Waals surface area contributed by atoms with Crippen LogP contribution in [-0.4, -0.2) is 40.7 Å². The molecule has 0 saturated carbocycles. The molecule has 0 fully saturated rings. The second-order valence-corrected chi connectivity index (χ2v) is 8.19. The highest BCUT2D eigenvalue weighted by Crippen LogP contribution is 2.34. The molecular weight excluding hydrogens is 436 g/mol. The lowest BCUT2D eigenvalue weighted by Gasteiger charge is -2.20. The first kappa shape index (κ1) is 21.1. The third-order valence-corrected chi connectivity index (χ3v) is 5.95. The number of carbonyl (C=O) groups is 1. The van der Waals surface area contributed by atoms with Gasteiger partial charge in [-0.15, -0.1) is 0 Å². The monoisotopic (exact) mass is 456 g/mol. The van der Waals surface area contributed by atoms with E-state index in [4.69, 9.17) is 26.1 Å². The summed E-state index contributed by atoms with van der Waals surface area (Å²) in [5.74, 6) is 1.10. The third kappa shape index (κ3) is 5.15. The van der Waals surface area contributed by atoms with Gasteiger partial charge in [-0.3, -0.25) is 9.69 Å². The van der Waals surface area contributed by atoms with Crippen molar-refractivity contribution in [3.63, 3.8) is 0 Å². The summed E-state index contributed by atoms with van der Waals surface area (Å²) in [6, 6.07) is 12.7. The minimum absolute atomic E-state index is 0.0975. The Balaban J connectivity index is 1.52. The van der Waals surface area contributed by atoms with Crippen molar-refractivity contribution in [2.24, 2.45) is 0 Å². The van der Waals surface area contributed by atoms with Crippen LogP contribution >= 0.6 is 22.9 Å². The van der Waals surface area contributed by atoms with E-state index in [1.807, 2.05) is 29.0 Å². The number of aryl methyl sites for hydroxylation is 1. The van der Waals surface area contributed by atoms with Crippen LogP contribution in [0.3, 0.4) is 0 Å². The predicted molar refractivity (Wildman–Crippen MR) is 122 cm³/mol. The number of benzene rings is 2. The summed E-state index contributed by atoms with van der Waals surface area (Å²) in [4.78, 5) is 23.5. The molecule has 2 aromatic heterocycles. The first-order chi connectivity index (χ1) is 15.1. The molecule has 4 rings (SSSR count). The topological polar surface area (TPSA) is 69.5 Å². The number of methoxy groups -OCH3 is 1. The second kappa shape index (κ2) is 9.80. The van der Waals surface area contributed by atoms with Gasteiger partial charge in [-0.05, 0) is 42.8 Å². The van der Waals surface area contributed by atoms with E-state index in [0.29, 0.717) is 28.2 Å². The van der Waals surface area contributed by atoms with E-state index < -0.39 is 0 Å². The first-order valence-corrected chi connectivity index (χ1v) is 10.9. The minimum atomic E-state index is -0.168. The van der Waals surface area contributed by atoms with Gasteiger partial charge in [-0.2, -0.15) is 0 Å². The Labute approximate surface area is 188 Å². The molecule has 31 heavy (non-hydrogen) atoms.